The van der Waals surface area contributed by atoms with Gasteiger partial charge in [0.15, 0.2) is 6.61 Å². The zero-order valence-corrected chi connectivity index (χ0v) is 15.9. The lowest BCUT2D eigenvalue weighted by atomic mass is 10.0. The number of carbonyl (C=O) groups is 1. The SMILES string of the molecule is N#CCOc1ccc([C@@H]2Nc3ccccc3C(=O)N2CCc2ccccc2)cc1. The van der Waals surface area contributed by atoms with Gasteiger partial charge in [-0.2, -0.15) is 5.26 Å². The Labute approximate surface area is 170 Å². The molecule has 0 bridgehead atoms. The Kier molecular flexibility index (Phi) is 5.44. The summed E-state index contributed by atoms with van der Waals surface area (Å²) in [6.45, 7) is 0.609. The second-order valence-corrected chi connectivity index (χ2v) is 6.84. The Morgan fingerprint density at radius 3 is 2.45 bits per heavy atom. The zero-order chi connectivity index (χ0) is 20.1. The number of nitriles is 1. The lowest BCUT2D eigenvalue weighted by Crippen LogP contribution is -2.43. The molecule has 3 aromatic rings. The van der Waals surface area contributed by atoms with Gasteiger partial charge in [0, 0.05) is 12.2 Å². The van der Waals surface area contributed by atoms with Gasteiger partial charge in [-0.05, 0) is 41.8 Å². The van der Waals surface area contributed by atoms with Crippen molar-refractivity contribution in [2.45, 2.75) is 12.6 Å². The van der Waals surface area contributed by atoms with Gasteiger partial charge in [0.1, 0.15) is 18.0 Å². The first-order chi connectivity index (χ1) is 14.3. The van der Waals surface area contributed by atoms with Crippen LogP contribution < -0.4 is 10.1 Å². The molecule has 3 aromatic carbocycles. The van der Waals surface area contributed by atoms with Crippen LogP contribution in [0.2, 0.25) is 0 Å². The summed E-state index contributed by atoms with van der Waals surface area (Å²) < 4.78 is 5.34. The first kappa shape index (κ1) is 18.6. The van der Waals surface area contributed by atoms with Gasteiger partial charge in [0.2, 0.25) is 0 Å². The second kappa shape index (κ2) is 8.49. The molecule has 29 heavy (non-hydrogen) atoms. The van der Waals surface area contributed by atoms with Crippen LogP contribution in [-0.4, -0.2) is 24.0 Å². The summed E-state index contributed by atoms with van der Waals surface area (Å²) in [5.74, 6) is 0.652. The molecule has 0 spiro atoms. The Hall–Kier alpha value is -3.78. The highest BCUT2D eigenvalue weighted by Gasteiger charge is 2.32. The first-order valence-corrected chi connectivity index (χ1v) is 9.56. The Bertz CT molecular complexity index is 1030. The fraction of sp³-hybridized carbons (Fsp3) is 0.167. The summed E-state index contributed by atoms with van der Waals surface area (Å²) >= 11 is 0. The van der Waals surface area contributed by atoms with Crippen molar-refractivity contribution in [3.63, 3.8) is 0 Å². The van der Waals surface area contributed by atoms with Gasteiger partial charge in [-0.3, -0.25) is 4.79 Å². The van der Waals surface area contributed by atoms with Gasteiger partial charge in [0.05, 0.1) is 5.56 Å². The van der Waals surface area contributed by atoms with E-state index >= 15 is 0 Å². The van der Waals surface area contributed by atoms with Gasteiger partial charge in [-0.25, -0.2) is 0 Å². The Morgan fingerprint density at radius 2 is 1.69 bits per heavy atom. The molecule has 0 fully saturated rings. The van der Waals surface area contributed by atoms with Crippen molar-refractivity contribution < 1.29 is 9.53 Å². The van der Waals surface area contributed by atoms with E-state index in [1.165, 1.54) is 5.56 Å². The molecule has 4 rings (SSSR count). The smallest absolute Gasteiger partial charge is 0.257 e. The fourth-order valence-electron chi connectivity index (χ4n) is 3.54. The van der Waals surface area contributed by atoms with Crippen LogP contribution in [0.15, 0.2) is 78.9 Å². The van der Waals surface area contributed by atoms with Crippen LogP contribution in [0.3, 0.4) is 0 Å². The quantitative estimate of drug-likeness (QED) is 0.685. The molecule has 5 heteroatoms. The molecule has 1 aliphatic heterocycles. The van der Waals surface area contributed by atoms with E-state index in [1.807, 2.05) is 77.7 Å². The van der Waals surface area contributed by atoms with Crippen LogP contribution in [0.1, 0.15) is 27.7 Å². The molecular formula is C24H21N3O2. The number of benzene rings is 3. The third-order valence-electron chi connectivity index (χ3n) is 5.01. The molecule has 1 amide bonds. The molecule has 0 saturated heterocycles. The monoisotopic (exact) mass is 383 g/mol. The van der Waals surface area contributed by atoms with Crippen LogP contribution in [0.5, 0.6) is 5.75 Å². The number of anilines is 1. The minimum absolute atomic E-state index is 0.0100. The summed E-state index contributed by atoms with van der Waals surface area (Å²) in [5, 5.41) is 12.2. The van der Waals surface area contributed by atoms with Gasteiger partial charge < -0.3 is 15.0 Å². The second-order valence-electron chi connectivity index (χ2n) is 6.84. The van der Waals surface area contributed by atoms with Crippen LogP contribution in [0, 0.1) is 11.3 Å². The molecule has 0 radical (unpaired) electrons. The fourth-order valence-corrected chi connectivity index (χ4v) is 3.54. The molecule has 0 unspecified atom stereocenters. The first-order valence-electron chi connectivity index (χ1n) is 9.56. The number of hydrogen-bond donors (Lipinski definition) is 1. The van der Waals surface area contributed by atoms with E-state index in [1.54, 1.807) is 0 Å². The van der Waals surface area contributed by atoms with Gasteiger partial charge in [-0.15, -0.1) is 0 Å². The Balaban J connectivity index is 1.61. The highest BCUT2D eigenvalue weighted by Crippen LogP contribution is 2.33. The molecule has 1 aliphatic rings. The molecular weight excluding hydrogens is 362 g/mol. The minimum Gasteiger partial charge on any atom is -0.479 e. The number of nitrogens with one attached hydrogen (secondary N) is 1. The summed E-state index contributed by atoms with van der Waals surface area (Å²) in [6, 6.07) is 27.2. The summed E-state index contributed by atoms with van der Waals surface area (Å²) in [6.07, 6.45) is 0.502. The van der Waals surface area contributed by atoms with E-state index in [0.29, 0.717) is 17.9 Å². The third-order valence-corrected chi connectivity index (χ3v) is 5.01. The summed E-state index contributed by atoms with van der Waals surface area (Å²) in [4.78, 5) is 15.1. The van der Waals surface area contributed by atoms with Crippen LogP contribution in [0.4, 0.5) is 5.69 Å². The van der Waals surface area contributed by atoms with Crippen LogP contribution >= 0.6 is 0 Å². The molecule has 0 aliphatic carbocycles. The normalized spacial score (nSPS) is 15.2. The van der Waals surface area contributed by atoms with Crippen molar-refractivity contribution in [3.8, 4) is 11.8 Å². The van der Waals surface area contributed by atoms with Crippen molar-refractivity contribution >= 4 is 11.6 Å². The number of nitrogens with zero attached hydrogens (tertiary/aromatic N) is 2. The van der Waals surface area contributed by atoms with Crippen molar-refractivity contribution in [2.75, 3.05) is 18.5 Å². The molecule has 5 nitrogen and oxygen atoms in total. The molecule has 144 valence electrons. The number of para-hydroxylation sites is 1. The third kappa shape index (κ3) is 4.07. The molecule has 1 atom stereocenters. The van der Waals surface area contributed by atoms with E-state index in [0.717, 1.165) is 17.7 Å². The van der Waals surface area contributed by atoms with Gasteiger partial charge >= 0.3 is 0 Å². The van der Waals surface area contributed by atoms with Gasteiger partial charge in [-0.1, -0.05) is 54.6 Å². The van der Waals surface area contributed by atoms with E-state index in [2.05, 4.69) is 17.4 Å². The largest absolute Gasteiger partial charge is 0.479 e. The van der Waals surface area contributed by atoms with Crippen molar-refractivity contribution in [1.29, 1.82) is 5.26 Å². The topological polar surface area (TPSA) is 65.4 Å². The van der Waals surface area contributed by atoms with E-state index < -0.39 is 0 Å². The van der Waals surface area contributed by atoms with Crippen molar-refractivity contribution in [3.05, 3.63) is 95.6 Å². The average Bonchev–Trinajstić information content (AvgIpc) is 2.78. The van der Waals surface area contributed by atoms with Crippen LogP contribution in [-0.2, 0) is 6.42 Å². The van der Waals surface area contributed by atoms with Crippen LogP contribution in [0.25, 0.3) is 0 Å². The Morgan fingerprint density at radius 1 is 0.966 bits per heavy atom. The van der Waals surface area contributed by atoms with E-state index in [-0.39, 0.29) is 18.7 Å². The molecule has 1 heterocycles. The molecule has 0 saturated carbocycles. The number of fused-ring (bicyclic) bond motifs is 1. The maximum absolute atomic E-state index is 13.3. The van der Waals surface area contributed by atoms with Gasteiger partial charge in [0.25, 0.3) is 5.91 Å². The highest BCUT2D eigenvalue weighted by molar-refractivity contribution is 6.01. The summed E-state index contributed by atoms with van der Waals surface area (Å²) in [7, 11) is 0. The van der Waals surface area contributed by atoms with E-state index in [9.17, 15) is 4.79 Å². The number of rotatable bonds is 6. The molecule has 1 N–H and O–H groups in total. The minimum atomic E-state index is -0.272. The maximum Gasteiger partial charge on any atom is 0.257 e. The predicted molar refractivity (Wildman–Crippen MR) is 112 cm³/mol. The maximum atomic E-state index is 13.3. The average molecular weight is 383 g/mol. The number of hydrogen-bond acceptors (Lipinski definition) is 4. The van der Waals surface area contributed by atoms with Crippen molar-refractivity contribution in [2.24, 2.45) is 0 Å². The van der Waals surface area contributed by atoms with Crippen molar-refractivity contribution in [1.82, 2.24) is 4.90 Å². The predicted octanol–water partition coefficient (Wildman–Crippen LogP) is 4.40. The lowest BCUT2D eigenvalue weighted by Gasteiger charge is -2.38. The number of ether oxygens (including phenoxy) is 1. The number of amides is 1. The number of carbonyl (C=O) groups excluding carboxylic acids is 1. The zero-order valence-electron chi connectivity index (χ0n) is 15.9. The van der Waals surface area contributed by atoms with E-state index in [4.69, 9.17) is 10.00 Å². The molecule has 0 aromatic heterocycles. The lowest BCUT2D eigenvalue weighted by molar-refractivity contribution is 0.0685. The highest BCUT2D eigenvalue weighted by atomic mass is 16.5. The summed E-state index contributed by atoms with van der Waals surface area (Å²) in [5.41, 5.74) is 3.68. The standard InChI is InChI=1S/C24H21N3O2/c25-15-17-29-20-12-10-19(11-13-20)23-26-22-9-5-4-8-21(22)24(28)27(23)16-14-18-6-2-1-3-7-18/h1-13,23,26H,14,16-17H2/t23-/m1/s1.